The van der Waals surface area contributed by atoms with Gasteiger partial charge in [0.25, 0.3) is 0 Å². The number of aryl methyl sites for hydroxylation is 1. The summed E-state index contributed by atoms with van der Waals surface area (Å²) in [5, 5.41) is 0.654. The van der Waals surface area contributed by atoms with Crippen molar-refractivity contribution in [2.75, 3.05) is 5.73 Å². The van der Waals surface area contributed by atoms with Crippen molar-refractivity contribution in [2.45, 2.75) is 6.92 Å². The van der Waals surface area contributed by atoms with Crippen LogP contribution in [0.1, 0.15) is 5.56 Å². The van der Waals surface area contributed by atoms with Gasteiger partial charge in [0.1, 0.15) is 5.75 Å². The van der Waals surface area contributed by atoms with Gasteiger partial charge in [0.05, 0.1) is 10.2 Å². The van der Waals surface area contributed by atoms with Gasteiger partial charge in [0.2, 0.25) is 0 Å². The standard InChI is InChI=1S/C13H11BrClNO/c1-8-3-2-4-12(13(8)16)17-11-6-5-9(15)7-10(11)14/h2-7H,16H2,1H3. The summed E-state index contributed by atoms with van der Waals surface area (Å²) < 4.78 is 6.54. The molecule has 0 spiro atoms. The van der Waals surface area contributed by atoms with Crippen molar-refractivity contribution in [1.29, 1.82) is 0 Å². The number of nitrogens with two attached hydrogens (primary N) is 1. The molecule has 17 heavy (non-hydrogen) atoms. The number of hydrogen-bond acceptors (Lipinski definition) is 2. The van der Waals surface area contributed by atoms with Crippen LogP contribution in [0.25, 0.3) is 0 Å². The van der Waals surface area contributed by atoms with E-state index in [9.17, 15) is 0 Å². The Morgan fingerprint density at radius 3 is 2.65 bits per heavy atom. The van der Waals surface area contributed by atoms with Gasteiger partial charge in [-0.3, -0.25) is 0 Å². The number of halogens is 2. The minimum absolute atomic E-state index is 0.646. The third-order valence-corrected chi connectivity index (χ3v) is 3.25. The second-order valence-corrected chi connectivity index (χ2v) is 4.95. The van der Waals surface area contributed by atoms with E-state index in [-0.39, 0.29) is 0 Å². The largest absolute Gasteiger partial charge is 0.454 e. The van der Waals surface area contributed by atoms with Crippen molar-refractivity contribution in [1.82, 2.24) is 0 Å². The highest BCUT2D eigenvalue weighted by molar-refractivity contribution is 9.10. The molecule has 0 heterocycles. The highest BCUT2D eigenvalue weighted by Gasteiger charge is 2.07. The lowest BCUT2D eigenvalue weighted by molar-refractivity contribution is 0.481. The maximum atomic E-state index is 5.94. The predicted molar refractivity (Wildman–Crippen MR) is 74.8 cm³/mol. The van der Waals surface area contributed by atoms with Gasteiger partial charge in [0.15, 0.2) is 5.75 Å². The maximum Gasteiger partial charge on any atom is 0.150 e. The van der Waals surface area contributed by atoms with Crippen LogP contribution in [-0.2, 0) is 0 Å². The van der Waals surface area contributed by atoms with E-state index in [0.29, 0.717) is 22.2 Å². The quantitative estimate of drug-likeness (QED) is 0.810. The van der Waals surface area contributed by atoms with Gasteiger partial charge < -0.3 is 10.5 Å². The van der Waals surface area contributed by atoms with Crippen molar-refractivity contribution in [3.05, 3.63) is 51.5 Å². The van der Waals surface area contributed by atoms with E-state index in [1.807, 2.05) is 25.1 Å². The summed E-state index contributed by atoms with van der Waals surface area (Å²) in [5.74, 6) is 1.33. The first-order chi connectivity index (χ1) is 8.08. The average molecular weight is 313 g/mol. The number of ether oxygens (including phenoxy) is 1. The molecule has 0 fully saturated rings. The lowest BCUT2D eigenvalue weighted by Gasteiger charge is -2.11. The third kappa shape index (κ3) is 2.73. The molecule has 2 nitrogen and oxygen atoms in total. The van der Waals surface area contributed by atoms with Crippen LogP contribution in [0.3, 0.4) is 0 Å². The van der Waals surface area contributed by atoms with Gasteiger partial charge in [-0.1, -0.05) is 23.7 Å². The molecular weight excluding hydrogens is 302 g/mol. The van der Waals surface area contributed by atoms with E-state index >= 15 is 0 Å². The molecule has 0 saturated heterocycles. The van der Waals surface area contributed by atoms with Crippen LogP contribution in [-0.4, -0.2) is 0 Å². The Hall–Kier alpha value is -1.19. The maximum absolute atomic E-state index is 5.94. The minimum Gasteiger partial charge on any atom is -0.454 e. The number of rotatable bonds is 2. The van der Waals surface area contributed by atoms with Crippen LogP contribution in [0, 0.1) is 6.92 Å². The Bertz CT molecular complexity index is 557. The fourth-order valence-electron chi connectivity index (χ4n) is 1.42. The molecule has 2 rings (SSSR count). The highest BCUT2D eigenvalue weighted by Crippen LogP contribution is 2.35. The van der Waals surface area contributed by atoms with Crippen LogP contribution in [0.15, 0.2) is 40.9 Å². The van der Waals surface area contributed by atoms with Crippen LogP contribution in [0.4, 0.5) is 5.69 Å². The fourth-order valence-corrected chi connectivity index (χ4v) is 2.18. The van der Waals surface area contributed by atoms with E-state index in [1.54, 1.807) is 18.2 Å². The summed E-state index contributed by atoms with van der Waals surface area (Å²) in [6.07, 6.45) is 0. The first-order valence-electron chi connectivity index (χ1n) is 5.06. The molecule has 0 aliphatic heterocycles. The number of para-hydroxylation sites is 1. The minimum atomic E-state index is 0.646. The molecule has 0 aromatic heterocycles. The predicted octanol–water partition coefficient (Wildman–Crippen LogP) is 4.79. The number of hydrogen-bond donors (Lipinski definition) is 1. The molecule has 2 N–H and O–H groups in total. The highest BCUT2D eigenvalue weighted by atomic mass is 79.9. The molecule has 2 aromatic rings. The Balaban J connectivity index is 2.35. The fraction of sp³-hybridized carbons (Fsp3) is 0.0769. The number of nitrogen functional groups attached to an aromatic ring is 1. The van der Waals surface area contributed by atoms with Gasteiger partial charge in [-0.05, 0) is 52.7 Å². The molecule has 0 bridgehead atoms. The lowest BCUT2D eigenvalue weighted by atomic mass is 10.2. The van der Waals surface area contributed by atoms with Crippen molar-refractivity contribution in [3.63, 3.8) is 0 Å². The Kier molecular flexibility index (Phi) is 3.60. The Morgan fingerprint density at radius 2 is 1.94 bits per heavy atom. The zero-order valence-corrected chi connectivity index (χ0v) is 11.5. The summed E-state index contributed by atoms with van der Waals surface area (Å²) in [6, 6.07) is 11.0. The molecule has 2 aromatic carbocycles. The van der Waals surface area contributed by atoms with Crippen molar-refractivity contribution >= 4 is 33.2 Å². The van der Waals surface area contributed by atoms with Crippen LogP contribution in [0.2, 0.25) is 5.02 Å². The van der Waals surface area contributed by atoms with Crippen molar-refractivity contribution < 1.29 is 4.74 Å². The van der Waals surface area contributed by atoms with Crippen molar-refractivity contribution in [3.8, 4) is 11.5 Å². The first-order valence-corrected chi connectivity index (χ1v) is 6.23. The SMILES string of the molecule is Cc1cccc(Oc2ccc(Cl)cc2Br)c1N. The summed E-state index contributed by atoms with van der Waals surface area (Å²) in [6.45, 7) is 1.94. The second kappa shape index (κ2) is 4.98. The lowest BCUT2D eigenvalue weighted by Crippen LogP contribution is -1.94. The molecule has 0 saturated carbocycles. The van der Waals surface area contributed by atoms with E-state index in [0.717, 1.165) is 10.0 Å². The molecule has 88 valence electrons. The molecule has 0 atom stereocenters. The van der Waals surface area contributed by atoms with Gasteiger partial charge >= 0.3 is 0 Å². The Morgan fingerprint density at radius 1 is 1.18 bits per heavy atom. The number of anilines is 1. The van der Waals surface area contributed by atoms with Gasteiger partial charge in [0, 0.05) is 5.02 Å². The normalized spacial score (nSPS) is 10.3. The molecule has 4 heteroatoms. The topological polar surface area (TPSA) is 35.2 Å². The van der Waals surface area contributed by atoms with Gasteiger partial charge in [-0.2, -0.15) is 0 Å². The van der Waals surface area contributed by atoms with Crippen LogP contribution >= 0.6 is 27.5 Å². The summed E-state index contributed by atoms with van der Waals surface area (Å²) in [4.78, 5) is 0. The summed E-state index contributed by atoms with van der Waals surface area (Å²) in [5.41, 5.74) is 7.58. The molecular formula is C13H11BrClNO. The second-order valence-electron chi connectivity index (χ2n) is 3.66. The zero-order valence-electron chi connectivity index (χ0n) is 9.21. The van der Waals surface area contributed by atoms with E-state index in [2.05, 4.69) is 15.9 Å². The van der Waals surface area contributed by atoms with Crippen LogP contribution in [0.5, 0.6) is 11.5 Å². The monoisotopic (exact) mass is 311 g/mol. The van der Waals surface area contributed by atoms with E-state index < -0.39 is 0 Å². The molecule has 0 unspecified atom stereocenters. The summed E-state index contributed by atoms with van der Waals surface area (Å²) in [7, 11) is 0. The van der Waals surface area contributed by atoms with Crippen molar-refractivity contribution in [2.24, 2.45) is 0 Å². The zero-order chi connectivity index (χ0) is 12.4. The van der Waals surface area contributed by atoms with Gasteiger partial charge in [-0.25, -0.2) is 0 Å². The number of benzene rings is 2. The van der Waals surface area contributed by atoms with E-state index in [1.165, 1.54) is 0 Å². The third-order valence-electron chi connectivity index (χ3n) is 2.40. The van der Waals surface area contributed by atoms with Gasteiger partial charge in [-0.15, -0.1) is 0 Å². The summed E-state index contributed by atoms with van der Waals surface area (Å²) >= 11 is 9.26. The first kappa shape index (κ1) is 12.3. The average Bonchev–Trinajstić information content (AvgIpc) is 2.28. The van der Waals surface area contributed by atoms with E-state index in [4.69, 9.17) is 22.1 Å². The Labute approximate surface area is 113 Å². The van der Waals surface area contributed by atoms with Crippen LogP contribution < -0.4 is 10.5 Å². The smallest absolute Gasteiger partial charge is 0.150 e. The molecule has 0 amide bonds. The molecule has 0 aliphatic rings. The molecule has 0 aliphatic carbocycles. The molecule has 0 radical (unpaired) electrons.